The van der Waals surface area contributed by atoms with Crippen molar-refractivity contribution < 1.29 is 25.6 Å². The third kappa shape index (κ3) is 6.79. The summed E-state index contributed by atoms with van der Waals surface area (Å²) in [5.41, 5.74) is 2.27. The van der Waals surface area contributed by atoms with Gasteiger partial charge in [-0.15, -0.1) is 0 Å². The fourth-order valence-corrected chi connectivity index (χ4v) is 3.35. The van der Waals surface area contributed by atoms with E-state index in [-0.39, 0.29) is 10.6 Å². The van der Waals surface area contributed by atoms with Crippen LogP contribution in [0.4, 0.5) is 0 Å². The van der Waals surface area contributed by atoms with E-state index in [4.69, 9.17) is 4.55 Å². The Hall–Kier alpha value is -1.74. The van der Waals surface area contributed by atoms with Gasteiger partial charge in [0.1, 0.15) is 5.75 Å². The number of hydrogen-bond acceptors (Lipinski definition) is 5. The van der Waals surface area contributed by atoms with E-state index in [0.717, 1.165) is 18.2 Å². The highest BCUT2D eigenvalue weighted by atomic mass is 32.2. The Kier molecular flexibility index (Phi) is 7.09. The normalized spacial score (nSPS) is 11.5. The lowest BCUT2D eigenvalue weighted by atomic mass is 10.2. The standard InChI is InChI=1S/2C8H10O3S/c1-6-3-4-8(7(2)5-6)12(9,10)11;1-11-12(9,10)7-8-5-3-2-4-6-8/h3-5H,1-2H3,(H,9,10,11);2-6H,7H2,1H3. The molecular formula is C16H20O6S2. The van der Waals surface area contributed by atoms with Crippen molar-refractivity contribution in [2.24, 2.45) is 0 Å². The Balaban J connectivity index is 0.000000240. The zero-order valence-corrected chi connectivity index (χ0v) is 15.3. The van der Waals surface area contributed by atoms with Crippen LogP contribution in [0, 0.1) is 13.8 Å². The monoisotopic (exact) mass is 372 g/mol. The molecule has 132 valence electrons. The summed E-state index contributed by atoms with van der Waals surface area (Å²) in [6, 6.07) is 13.7. The molecule has 0 bridgehead atoms. The van der Waals surface area contributed by atoms with Crippen LogP contribution in [-0.4, -0.2) is 28.5 Å². The molecule has 0 heterocycles. The second-order valence-electron chi connectivity index (χ2n) is 5.10. The summed E-state index contributed by atoms with van der Waals surface area (Å²) in [5, 5.41) is 0. The highest BCUT2D eigenvalue weighted by Crippen LogP contribution is 2.15. The topological polar surface area (TPSA) is 97.7 Å². The second kappa shape index (κ2) is 8.39. The molecule has 0 amide bonds. The SMILES string of the molecule is COS(=O)(=O)Cc1ccccc1.Cc1ccc(S(=O)(=O)O)c(C)c1. The van der Waals surface area contributed by atoms with E-state index < -0.39 is 20.2 Å². The minimum Gasteiger partial charge on any atom is -0.282 e. The molecule has 24 heavy (non-hydrogen) atoms. The molecule has 0 atom stereocenters. The number of hydrogen-bond donors (Lipinski definition) is 1. The molecule has 0 saturated heterocycles. The summed E-state index contributed by atoms with van der Waals surface area (Å²) in [5.74, 6) is -0.0651. The average molecular weight is 372 g/mol. The van der Waals surface area contributed by atoms with Crippen LogP contribution in [0.15, 0.2) is 53.4 Å². The molecule has 2 aromatic rings. The molecule has 2 rings (SSSR count). The van der Waals surface area contributed by atoms with Crippen LogP contribution in [0.5, 0.6) is 0 Å². The van der Waals surface area contributed by atoms with Crippen LogP contribution in [0.3, 0.4) is 0 Å². The zero-order chi connectivity index (χ0) is 18.4. The van der Waals surface area contributed by atoms with Crippen molar-refractivity contribution in [2.45, 2.75) is 24.5 Å². The van der Waals surface area contributed by atoms with E-state index in [1.165, 1.54) is 6.07 Å². The third-order valence-corrected chi connectivity index (χ3v) is 5.26. The van der Waals surface area contributed by atoms with Gasteiger partial charge in [0.25, 0.3) is 20.2 Å². The van der Waals surface area contributed by atoms with Crippen molar-refractivity contribution in [3.8, 4) is 0 Å². The first kappa shape index (κ1) is 20.3. The van der Waals surface area contributed by atoms with Gasteiger partial charge >= 0.3 is 0 Å². The summed E-state index contributed by atoms with van der Waals surface area (Å²) < 4.78 is 56.4. The summed E-state index contributed by atoms with van der Waals surface area (Å²) in [6.07, 6.45) is 0. The number of rotatable bonds is 4. The summed E-state index contributed by atoms with van der Waals surface area (Å²) in [4.78, 5) is -0.0203. The van der Waals surface area contributed by atoms with E-state index in [1.54, 1.807) is 43.3 Å². The van der Waals surface area contributed by atoms with Gasteiger partial charge in [-0.05, 0) is 31.0 Å². The van der Waals surface area contributed by atoms with Crippen LogP contribution >= 0.6 is 0 Å². The molecule has 0 spiro atoms. The molecule has 0 aliphatic heterocycles. The molecule has 0 saturated carbocycles. The third-order valence-electron chi connectivity index (χ3n) is 3.05. The van der Waals surface area contributed by atoms with Gasteiger partial charge in [0, 0.05) is 0 Å². The molecule has 0 aliphatic rings. The smallest absolute Gasteiger partial charge is 0.282 e. The molecule has 2 aromatic carbocycles. The van der Waals surface area contributed by atoms with E-state index >= 15 is 0 Å². The first-order chi connectivity index (χ1) is 11.0. The maximum Gasteiger partial charge on any atom is 0.294 e. The van der Waals surface area contributed by atoms with Gasteiger partial charge < -0.3 is 0 Å². The lowest BCUT2D eigenvalue weighted by molar-refractivity contribution is 0.397. The Bertz CT molecular complexity index is 872. The van der Waals surface area contributed by atoms with Gasteiger partial charge in [-0.2, -0.15) is 16.8 Å². The number of benzene rings is 2. The fourth-order valence-electron chi connectivity index (χ4n) is 1.93. The number of aryl methyl sites for hydroxylation is 2. The van der Waals surface area contributed by atoms with Crippen molar-refractivity contribution in [3.05, 3.63) is 65.2 Å². The van der Waals surface area contributed by atoms with Gasteiger partial charge in [-0.3, -0.25) is 8.74 Å². The molecule has 0 aliphatic carbocycles. The first-order valence-corrected chi connectivity index (χ1v) is 9.94. The van der Waals surface area contributed by atoms with Gasteiger partial charge in [-0.25, -0.2) is 0 Å². The first-order valence-electron chi connectivity index (χ1n) is 6.92. The predicted molar refractivity (Wildman–Crippen MR) is 91.8 cm³/mol. The van der Waals surface area contributed by atoms with Gasteiger partial charge in [0.15, 0.2) is 0 Å². The van der Waals surface area contributed by atoms with Crippen LogP contribution in [0.2, 0.25) is 0 Å². The quantitative estimate of drug-likeness (QED) is 0.654. The molecule has 0 aromatic heterocycles. The van der Waals surface area contributed by atoms with Crippen LogP contribution in [0.1, 0.15) is 16.7 Å². The predicted octanol–water partition coefficient (Wildman–Crippen LogP) is 2.71. The highest BCUT2D eigenvalue weighted by Gasteiger charge is 2.11. The van der Waals surface area contributed by atoms with Crippen molar-refractivity contribution in [3.63, 3.8) is 0 Å². The van der Waals surface area contributed by atoms with E-state index in [1.807, 2.05) is 13.0 Å². The van der Waals surface area contributed by atoms with E-state index in [0.29, 0.717) is 5.56 Å². The Morgan fingerprint density at radius 3 is 2.00 bits per heavy atom. The van der Waals surface area contributed by atoms with Gasteiger partial charge in [-0.1, -0.05) is 48.0 Å². The average Bonchev–Trinajstić information content (AvgIpc) is 2.47. The minimum absolute atomic E-state index is 0.0203. The molecule has 0 fully saturated rings. The van der Waals surface area contributed by atoms with Gasteiger partial charge in [0.2, 0.25) is 0 Å². The summed E-state index contributed by atoms with van der Waals surface area (Å²) in [7, 11) is -6.26. The second-order valence-corrected chi connectivity index (χ2v) is 8.23. The van der Waals surface area contributed by atoms with Gasteiger partial charge in [0.05, 0.1) is 12.0 Å². The molecular weight excluding hydrogens is 352 g/mol. The molecule has 8 heteroatoms. The fraction of sp³-hybridized carbons (Fsp3) is 0.250. The minimum atomic E-state index is -4.05. The maximum atomic E-state index is 10.9. The van der Waals surface area contributed by atoms with Crippen LogP contribution in [0.25, 0.3) is 0 Å². The lowest BCUT2D eigenvalue weighted by Gasteiger charge is -2.02. The Morgan fingerprint density at radius 1 is 0.958 bits per heavy atom. The molecule has 0 radical (unpaired) electrons. The molecule has 0 unspecified atom stereocenters. The van der Waals surface area contributed by atoms with Crippen LogP contribution in [-0.2, 0) is 30.2 Å². The highest BCUT2D eigenvalue weighted by molar-refractivity contribution is 7.86. The van der Waals surface area contributed by atoms with Crippen molar-refractivity contribution >= 4 is 20.2 Å². The summed E-state index contributed by atoms with van der Waals surface area (Å²) in [6.45, 7) is 3.51. The zero-order valence-electron chi connectivity index (χ0n) is 13.6. The molecule has 6 nitrogen and oxygen atoms in total. The lowest BCUT2D eigenvalue weighted by Crippen LogP contribution is -2.05. The van der Waals surface area contributed by atoms with Crippen LogP contribution < -0.4 is 0 Å². The van der Waals surface area contributed by atoms with Crippen molar-refractivity contribution in [1.82, 2.24) is 0 Å². The Morgan fingerprint density at radius 2 is 1.54 bits per heavy atom. The Labute approximate surface area is 143 Å². The van der Waals surface area contributed by atoms with Crippen molar-refractivity contribution in [1.29, 1.82) is 0 Å². The van der Waals surface area contributed by atoms with Crippen molar-refractivity contribution in [2.75, 3.05) is 7.11 Å². The van der Waals surface area contributed by atoms with E-state index in [9.17, 15) is 16.8 Å². The largest absolute Gasteiger partial charge is 0.294 e. The molecule has 1 N–H and O–H groups in total. The summed E-state index contributed by atoms with van der Waals surface area (Å²) >= 11 is 0. The van der Waals surface area contributed by atoms with E-state index in [2.05, 4.69) is 4.18 Å². The maximum absolute atomic E-state index is 10.9.